The normalized spacial score (nSPS) is 11.9. The zero-order chi connectivity index (χ0) is 18.5. The first-order valence-electron chi connectivity index (χ1n) is 7.67. The molecule has 1 heterocycles. The van der Waals surface area contributed by atoms with Crippen LogP contribution in [-0.2, 0) is 10.1 Å². The Morgan fingerprint density at radius 2 is 1.69 bits per heavy atom. The molecule has 7 heteroatoms. The Balaban J connectivity index is 2.24. The maximum Gasteiger partial charge on any atom is 0.295 e. The molecule has 0 unspecified atom stereocenters. The predicted molar refractivity (Wildman–Crippen MR) is 98.8 cm³/mol. The lowest BCUT2D eigenvalue weighted by Gasteiger charge is -2.16. The van der Waals surface area contributed by atoms with Crippen molar-refractivity contribution >= 4 is 26.8 Å². The van der Waals surface area contributed by atoms with Gasteiger partial charge < -0.3 is 10.2 Å². The van der Waals surface area contributed by atoms with E-state index in [1.54, 1.807) is 36.4 Å². The maximum absolute atomic E-state index is 11.9. The van der Waals surface area contributed by atoms with Crippen LogP contribution in [0, 0.1) is 0 Å². The highest BCUT2D eigenvalue weighted by atomic mass is 32.2. The predicted octanol–water partition coefficient (Wildman–Crippen LogP) is 3.39. The van der Waals surface area contributed by atoms with E-state index in [-0.39, 0.29) is 10.3 Å². The standard InChI is InChI=1S/C19H13NO5S/c20-11-5-7-13-16(9-11)25-17-10-12(21)6-8-14(17)19(13)15-3-1-2-4-18(15)26(22,23)24/h1-10H,20H2,(H,22,23,24). The Bertz CT molecular complexity index is 1290. The fourth-order valence-corrected chi connectivity index (χ4v) is 3.77. The van der Waals surface area contributed by atoms with Crippen LogP contribution in [0.25, 0.3) is 33.4 Å². The number of rotatable bonds is 2. The van der Waals surface area contributed by atoms with Gasteiger partial charge in [0.05, 0.1) is 0 Å². The molecule has 6 nitrogen and oxygen atoms in total. The molecule has 2 aromatic rings. The van der Waals surface area contributed by atoms with Gasteiger partial charge in [0.1, 0.15) is 16.2 Å². The van der Waals surface area contributed by atoms with Crippen molar-refractivity contribution < 1.29 is 17.4 Å². The lowest BCUT2D eigenvalue weighted by atomic mass is 9.93. The Hall–Kier alpha value is -3.16. The second-order valence-electron chi connectivity index (χ2n) is 5.86. The van der Waals surface area contributed by atoms with E-state index in [0.717, 1.165) is 0 Å². The van der Waals surface area contributed by atoms with Gasteiger partial charge in [0, 0.05) is 39.9 Å². The third-order valence-corrected chi connectivity index (χ3v) is 5.06. The Morgan fingerprint density at radius 3 is 2.46 bits per heavy atom. The molecule has 1 aliphatic heterocycles. The van der Waals surface area contributed by atoms with Crippen LogP contribution in [0.3, 0.4) is 0 Å². The van der Waals surface area contributed by atoms with Gasteiger partial charge >= 0.3 is 0 Å². The van der Waals surface area contributed by atoms with Crippen LogP contribution in [0.4, 0.5) is 5.69 Å². The SMILES string of the molecule is Nc1ccc2c(-c3ccccc3S(=O)(=O)O)c3ccc(=O)cc-3oc2c1. The molecule has 130 valence electrons. The molecule has 0 spiro atoms. The summed E-state index contributed by atoms with van der Waals surface area (Å²) in [5, 5.41) is 0.612. The van der Waals surface area contributed by atoms with Gasteiger partial charge in [0.25, 0.3) is 10.1 Å². The van der Waals surface area contributed by atoms with Crippen molar-refractivity contribution in [2.45, 2.75) is 4.90 Å². The zero-order valence-electron chi connectivity index (χ0n) is 13.3. The van der Waals surface area contributed by atoms with Crippen LogP contribution in [0.15, 0.2) is 74.8 Å². The minimum atomic E-state index is -4.45. The van der Waals surface area contributed by atoms with Crippen LogP contribution in [0.5, 0.6) is 0 Å². The van der Waals surface area contributed by atoms with Gasteiger partial charge in [0.2, 0.25) is 0 Å². The molecule has 0 amide bonds. The highest BCUT2D eigenvalue weighted by molar-refractivity contribution is 7.86. The van der Waals surface area contributed by atoms with E-state index < -0.39 is 10.1 Å². The number of benzene rings is 3. The lowest BCUT2D eigenvalue weighted by Crippen LogP contribution is -2.03. The van der Waals surface area contributed by atoms with Gasteiger partial charge in [-0.15, -0.1) is 0 Å². The average molecular weight is 367 g/mol. The summed E-state index contributed by atoms with van der Waals surface area (Å²) in [5.41, 5.74) is 7.86. The van der Waals surface area contributed by atoms with E-state index in [9.17, 15) is 17.8 Å². The minimum Gasteiger partial charge on any atom is -0.456 e. The molecule has 2 aromatic carbocycles. The molecular formula is C19H13NO5S. The van der Waals surface area contributed by atoms with Gasteiger partial charge in [-0.05, 0) is 30.3 Å². The molecule has 4 rings (SSSR count). The van der Waals surface area contributed by atoms with E-state index >= 15 is 0 Å². The number of hydrogen-bond donors (Lipinski definition) is 2. The van der Waals surface area contributed by atoms with Gasteiger partial charge in [-0.2, -0.15) is 8.42 Å². The van der Waals surface area contributed by atoms with Gasteiger partial charge in [0.15, 0.2) is 5.43 Å². The topological polar surface area (TPSA) is 111 Å². The summed E-state index contributed by atoms with van der Waals surface area (Å²) in [6.45, 7) is 0. The molecule has 2 aliphatic rings. The Kier molecular flexibility index (Phi) is 3.57. The van der Waals surface area contributed by atoms with Crippen molar-refractivity contribution in [3.05, 3.63) is 70.9 Å². The molecule has 0 aromatic heterocycles. The van der Waals surface area contributed by atoms with Crippen LogP contribution < -0.4 is 11.2 Å². The first-order valence-corrected chi connectivity index (χ1v) is 9.11. The molecule has 3 N–H and O–H groups in total. The summed E-state index contributed by atoms with van der Waals surface area (Å²) in [5.74, 6) is 0.302. The quantitative estimate of drug-likeness (QED) is 0.319. The van der Waals surface area contributed by atoms with Gasteiger partial charge in [-0.1, -0.05) is 18.2 Å². The number of fused-ring (bicyclic) bond motifs is 2. The highest BCUT2D eigenvalue weighted by Crippen LogP contribution is 2.42. The number of nitrogen functional groups attached to an aromatic ring is 1. The molecule has 0 radical (unpaired) electrons. The van der Waals surface area contributed by atoms with Crippen molar-refractivity contribution in [3.63, 3.8) is 0 Å². The van der Waals surface area contributed by atoms with Crippen LogP contribution in [0.1, 0.15) is 0 Å². The number of anilines is 1. The molecule has 0 saturated carbocycles. The fourth-order valence-electron chi connectivity index (χ4n) is 3.08. The van der Waals surface area contributed by atoms with E-state index in [4.69, 9.17) is 10.2 Å². The Morgan fingerprint density at radius 1 is 0.923 bits per heavy atom. The first-order chi connectivity index (χ1) is 12.3. The largest absolute Gasteiger partial charge is 0.456 e. The molecule has 0 bridgehead atoms. The Labute approximate surface area is 148 Å². The maximum atomic E-state index is 11.9. The average Bonchev–Trinajstić information content (AvgIpc) is 2.58. The van der Waals surface area contributed by atoms with E-state index in [1.165, 1.54) is 24.3 Å². The summed E-state index contributed by atoms with van der Waals surface area (Å²) in [7, 11) is -4.45. The van der Waals surface area contributed by atoms with Gasteiger partial charge in [-0.25, -0.2) is 0 Å². The van der Waals surface area contributed by atoms with Crippen LogP contribution in [-0.4, -0.2) is 13.0 Å². The van der Waals surface area contributed by atoms with Crippen molar-refractivity contribution in [3.8, 4) is 22.5 Å². The first kappa shape index (κ1) is 16.3. The minimum absolute atomic E-state index is 0.225. The summed E-state index contributed by atoms with van der Waals surface area (Å²) in [6, 6.07) is 15.4. The monoisotopic (exact) mass is 367 g/mol. The van der Waals surface area contributed by atoms with Crippen molar-refractivity contribution in [1.29, 1.82) is 0 Å². The van der Waals surface area contributed by atoms with Crippen molar-refractivity contribution in [2.75, 3.05) is 5.73 Å². The molecule has 0 saturated heterocycles. The smallest absolute Gasteiger partial charge is 0.295 e. The second-order valence-corrected chi connectivity index (χ2v) is 7.25. The highest BCUT2D eigenvalue weighted by Gasteiger charge is 2.23. The number of nitrogens with two attached hydrogens (primary N) is 1. The number of hydrogen-bond acceptors (Lipinski definition) is 5. The summed E-state index contributed by atoms with van der Waals surface area (Å²) < 4.78 is 39.2. The fraction of sp³-hybridized carbons (Fsp3) is 0. The van der Waals surface area contributed by atoms with E-state index in [2.05, 4.69) is 0 Å². The van der Waals surface area contributed by atoms with Crippen molar-refractivity contribution in [1.82, 2.24) is 0 Å². The van der Waals surface area contributed by atoms with Gasteiger partial charge in [-0.3, -0.25) is 9.35 Å². The van der Waals surface area contributed by atoms with Crippen LogP contribution in [0.2, 0.25) is 0 Å². The van der Waals surface area contributed by atoms with E-state index in [1.807, 2.05) is 0 Å². The molecule has 26 heavy (non-hydrogen) atoms. The lowest BCUT2D eigenvalue weighted by molar-refractivity contribution is 0.483. The third kappa shape index (κ3) is 2.63. The summed E-state index contributed by atoms with van der Waals surface area (Å²) in [6.07, 6.45) is 0. The molecule has 0 fully saturated rings. The summed E-state index contributed by atoms with van der Waals surface area (Å²) in [4.78, 5) is 11.5. The third-order valence-electron chi connectivity index (χ3n) is 4.15. The molecular weight excluding hydrogens is 354 g/mol. The van der Waals surface area contributed by atoms with Crippen molar-refractivity contribution in [2.24, 2.45) is 0 Å². The summed E-state index contributed by atoms with van der Waals surface area (Å²) >= 11 is 0. The molecule has 1 aliphatic carbocycles. The van der Waals surface area contributed by atoms with E-state index in [0.29, 0.717) is 39.1 Å². The molecule has 0 atom stereocenters. The zero-order valence-corrected chi connectivity index (χ0v) is 14.2. The van der Waals surface area contributed by atoms with Crippen LogP contribution >= 0.6 is 0 Å². The second kappa shape index (κ2) is 5.69.